The predicted molar refractivity (Wildman–Crippen MR) is 147 cm³/mol. The Morgan fingerprint density at radius 1 is 0.973 bits per heavy atom. The smallest absolute Gasteiger partial charge is 0.142 e. The van der Waals surface area contributed by atoms with Crippen LogP contribution in [-0.2, 0) is 22.7 Å². The highest BCUT2D eigenvalue weighted by atomic mass is 16.5. The van der Waals surface area contributed by atoms with Gasteiger partial charge in [-0.2, -0.15) is 0 Å². The third kappa shape index (κ3) is 6.83. The van der Waals surface area contributed by atoms with E-state index in [1.165, 1.54) is 16.7 Å². The van der Waals surface area contributed by atoms with Gasteiger partial charge in [-0.05, 0) is 60.3 Å². The van der Waals surface area contributed by atoms with E-state index >= 15 is 0 Å². The summed E-state index contributed by atoms with van der Waals surface area (Å²) >= 11 is 0. The molecule has 3 aromatic rings. The third-order valence-electron chi connectivity index (χ3n) is 7.21. The monoisotopic (exact) mass is 502 g/mol. The molecule has 5 rings (SSSR count). The number of ether oxygens (including phenoxy) is 4. The second-order valence-electron chi connectivity index (χ2n) is 9.78. The summed E-state index contributed by atoms with van der Waals surface area (Å²) < 4.78 is 23.7. The largest absolute Gasteiger partial charge is 0.490 e. The van der Waals surface area contributed by atoms with Gasteiger partial charge in [0.25, 0.3) is 0 Å². The van der Waals surface area contributed by atoms with E-state index in [1.54, 1.807) is 7.11 Å². The Bertz CT molecular complexity index is 1110. The molecule has 1 N–H and O–H groups in total. The standard InChI is InChI=1S/C31H38N2O4/c1-34-18-5-16-33-17-19-35-30-13-8-25(20-29(30)33)23-37-31-21-32-15-14-28(31)26-9-11-27(12-10-26)36-22-24-6-3-2-4-7-24/h2-4,6-13,20,28,31-32H,5,14-19,21-23H2,1H3/t28-,31+/m1/s1. The number of benzene rings is 3. The van der Waals surface area contributed by atoms with Crippen molar-refractivity contribution in [2.75, 3.05) is 51.4 Å². The van der Waals surface area contributed by atoms with Crippen molar-refractivity contribution in [3.8, 4) is 11.5 Å². The Morgan fingerprint density at radius 2 is 1.84 bits per heavy atom. The molecule has 1 fully saturated rings. The van der Waals surface area contributed by atoms with Crippen LogP contribution < -0.4 is 19.7 Å². The molecule has 0 amide bonds. The number of rotatable bonds is 11. The van der Waals surface area contributed by atoms with Crippen LogP contribution in [0.4, 0.5) is 5.69 Å². The van der Waals surface area contributed by atoms with Crippen LogP contribution in [0, 0.1) is 0 Å². The molecule has 37 heavy (non-hydrogen) atoms. The topological polar surface area (TPSA) is 52.2 Å². The highest BCUT2D eigenvalue weighted by Gasteiger charge is 2.27. The summed E-state index contributed by atoms with van der Waals surface area (Å²) in [5.41, 5.74) is 4.81. The minimum absolute atomic E-state index is 0.120. The molecule has 1 saturated heterocycles. The van der Waals surface area contributed by atoms with Gasteiger partial charge in [-0.25, -0.2) is 0 Å². The van der Waals surface area contributed by atoms with Crippen molar-refractivity contribution in [1.29, 1.82) is 0 Å². The zero-order valence-corrected chi connectivity index (χ0v) is 21.7. The maximum Gasteiger partial charge on any atom is 0.142 e. The number of nitrogens with zero attached hydrogens (tertiary/aromatic N) is 1. The van der Waals surface area contributed by atoms with Gasteiger partial charge in [0.2, 0.25) is 0 Å². The molecule has 6 heteroatoms. The predicted octanol–water partition coefficient (Wildman–Crippen LogP) is 5.16. The van der Waals surface area contributed by atoms with Crippen LogP contribution >= 0.6 is 0 Å². The van der Waals surface area contributed by atoms with Crippen LogP contribution in [0.3, 0.4) is 0 Å². The fourth-order valence-corrected chi connectivity index (χ4v) is 5.18. The Labute approximate surface area is 220 Å². The molecule has 0 radical (unpaired) electrons. The first-order valence-electron chi connectivity index (χ1n) is 13.4. The van der Waals surface area contributed by atoms with Crippen LogP contribution in [0.25, 0.3) is 0 Å². The first kappa shape index (κ1) is 25.6. The zero-order chi connectivity index (χ0) is 25.3. The number of piperidine rings is 1. The van der Waals surface area contributed by atoms with E-state index in [0.29, 0.717) is 19.1 Å². The van der Waals surface area contributed by atoms with Gasteiger partial charge < -0.3 is 29.2 Å². The fraction of sp³-hybridized carbons (Fsp3) is 0.419. The first-order chi connectivity index (χ1) is 18.3. The second kappa shape index (κ2) is 13.0. The van der Waals surface area contributed by atoms with Gasteiger partial charge >= 0.3 is 0 Å². The number of anilines is 1. The summed E-state index contributed by atoms with van der Waals surface area (Å²) in [4.78, 5) is 2.40. The summed E-state index contributed by atoms with van der Waals surface area (Å²) in [6, 6.07) is 25.3. The van der Waals surface area contributed by atoms with Gasteiger partial charge in [-0.15, -0.1) is 0 Å². The summed E-state index contributed by atoms with van der Waals surface area (Å²) in [7, 11) is 1.75. The lowest BCUT2D eigenvalue weighted by Gasteiger charge is -2.33. The average molecular weight is 503 g/mol. The Kier molecular flexibility index (Phi) is 8.95. The van der Waals surface area contributed by atoms with E-state index in [-0.39, 0.29) is 6.10 Å². The molecule has 0 aromatic heterocycles. The quantitative estimate of drug-likeness (QED) is 0.366. The van der Waals surface area contributed by atoms with E-state index in [2.05, 4.69) is 64.8 Å². The lowest BCUT2D eigenvalue weighted by atomic mass is 9.87. The third-order valence-corrected chi connectivity index (χ3v) is 7.21. The molecule has 2 aliphatic heterocycles. The fourth-order valence-electron chi connectivity index (χ4n) is 5.18. The zero-order valence-electron chi connectivity index (χ0n) is 21.7. The summed E-state index contributed by atoms with van der Waals surface area (Å²) in [5, 5.41) is 3.52. The van der Waals surface area contributed by atoms with Crippen molar-refractivity contribution < 1.29 is 18.9 Å². The highest BCUT2D eigenvalue weighted by molar-refractivity contribution is 5.61. The molecule has 0 aliphatic carbocycles. The number of hydrogen-bond donors (Lipinski definition) is 1. The van der Waals surface area contributed by atoms with Crippen molar-refractivity contribution in [3.63, 3.8) is 0 Å². The number of nitrogens with one attached hydrogen (secondary N) is 1. The Hall–Kier alpha value is -3.06. The molecule has 2 aliphatic rings. The summed E-state index contributed by atoms with van der Waals surface area (Å²) in [6.07, 6.45) is 2.18. The van der Waals surface area contributed by atoms with Gasteiger partial charge in [0.1, 0.15) is 24.7 Å². The van der Waals surface area contributed by atoms with Crippen LogP contribution in [0.2, 0.25) is 0 Å². The van der Waals surface area contributed by atoms with Crippen LogP contribution in [0.15, 0.2) is 72.8 Å². The lowest BCUT2D eigenvalue weighted by molar-refractivity contribution is 0.0106. The van der Waals surface area contributed by atoms with Crippen molar-refractivity contribution in [2.24, 2.45) is 0 Å². The molecule has 6 nitrogen and oxygen atoms in total. The minimum atomic E-state index is 0.120. The van der Waals surface area contributed by atoms with E-state index in [9.17, 15) is 0 Å². The number of methoxy groups -OCH3 is 1. The Morgan fingerprint density at radius 3 is 2.68 bits per heavy atom. The van der Waals surface area contributed by atoms with Gasteiger partial charge in [-0.1, -0.05) is 48.5 Å². The molecular weight excluding hydrogens is 464 g/mol. The summed E-state index contributed by atoms with van der Waals surface area (Å²) in [5.74, 6) is 2.21. The molecule has 0 spiro atoms. The van der Waals surface area contributed by atoms with Crippen molar-refractivity contribution in [3.05, 3.63) is 89.5 Å². The normalized spacial score (nSPS) is 19.2. The van der Waals surface area contributed by atoms with Crippen molar-refractivity contribution in [1.82, 2.24) is 5.32 Å². The van der Waals surface area contributed by atoms with Crippen molar-refractivity contribution >= 4 is 5.69 Å². The molecule has 2 heterocycles. The molecule has 3 aromatic carbocycles. The maximum absolute atomic E-state index is 6.52. The van der Waals surface area contributed by atoms with E-state index in [0.717, 1.165) is 69.4 Å². The van der Waals surface area contributed by atoms with Gasteiger partial charge in [0.15, 0.2) is 0 Å². The first-order valence-corrected chi connectivity index (χ1v) is 13.4. The van der Waals surface area contributed by atoms with Crippen LogP contribution in [-0.4, -0.2) is 52.6 Å². The molecule has 0 bridgehead atoms. The Balaban J connectivity index is 1.20. The number of hydrogen-bond acceptors (Lipinski definition) is 6. The second-order valence-corrected chi connectivity index (χ2v) is 9.78. The van der Waals surface area contributed by atoms with Crippen LogP contribution in [0.1, 0.15) is 35.4 Å². The minimum Gasteiger partial charge on any atom is -0.490 e. The molecule has 0 unspecified atom stereocenters. The summed E-state index contributed by atoms with van der Waals surface area (Å²) in [6.45, 7) is 6.38. The van der Waals surface area contributed by atoms with E-state index < -0.39 is 0 Å². The molecular formula is C31H38N2O4. The number of fused-ring (bicyclic) bond motifs is 1. The SMILES string of the molecule is COCCCN1CCOc2ccc(CO[C@H]3CNCC[C@@H]3c3ccc(OCc4ccccc4)cc3)cc21. The van der Waals surface area contributed by atoms with Crippen molar-refractivity contribution in [2.45, 2.75) is 38.1 Å². The van der Waals surface area contributed by atoms with E-state index in [1.807, 2.05) is 18.2 Å². The highest BCUT2D eigenvalue weighted by Crippen LogP contribution is 2.34. The van der Waals surface area contributed by atoms with E-state index in [4.69, 9.17) is 18.9 Å². The maximum atomic E-state index is 6.52. The van der Waals surface area contributed by atoms with Crippen LogP contribution in [0.5, 0.6) is 11.5 Å². The van der Waals surface area contributed by atoms with Gasteiger partial charge in [-0.3, -0.25) is 0 Å². The molecule has 196 valence electrons. The lowest BCUT2D eigenvalue weighted by Crippen LogP contribution is -2.41. The molecule has 2 atom stereocenters. The van der Waals surface area contributed by atoms with Gasteiger partial charge in [0.05, 0.1) is 24.9 Å². The average Bonchev–Trinajstić information content (AvgIpc) is 2.96. The van der Waals surface area contributed by atoms with Gasteiger partial charge in [0, 0.05) is 32.7 Å². The molecule has 0 saturated carbocycles.